The van der Waals surface area contributed by atoms with Crippen molar-refractivity contribution < 1.29 is 4.79 Å². The lowest BCUT2D eigenvalue weighted by atomic mass is 10.2. The molecule has 17 heavy (non-hydrogen) atoms. The first kappa shape index (κ1) is 14.2. The van der Waals surface area contributed by atoms with Gasteiger partial charge >= 0.3 is 0 Å². The fourth-order valence-electron chi connectivity index (χ4n) is 1.24. The van der Waals surface area contributed by atoms with Crippen LogP contribution in [-0.2, 0) is 0 Å². The zero-order valence-electron chi connectivity index (χ0n) is 9.83. The van der Waals surface area contributed by atoms with Crippen LogP contribution in [0.1, 0.15) is 16.8 Å². The molecule has 0 radical (unpaired) electrons. The number of nitrogens with one attached hydrogen (secondary N) is 1. The van der Waals surface area contributed by atoms with E-state index in [0.29, 0.717) is 12.1 Å². The van der Waals surface area contributed by atoms with E-state index in [1.54, 1.807) is 0 Å². The van der Waals surface area contributed by atoms with Gasteiger partial charge in [-0.3, -0.25) is 4.79 Å². The highest BCUT2D eigenvalue weighted by Crippen LogP contribution is 2.19. The third-order valence-electron chi connectivity index (χ3n) is 2.13. The van der Waals surface area contributed by atoms with Gasteiger partial charge in [-0.15, -0.1) is 0 Å². The normalized spacial score (nSPS) is 10.6. The van der Waals surface area contributed by atoms with Crippen molar-refractivity contribution in [2.75, 3.05) is 27.2 Å². The van der Waals surface area contributed by atoms with Crippen molar-refractivity contribution in [3.05, 3.63) is 28.0 Å². The average molecular weight is 276 g/mol. The lowest BCUT2D eigenvalue weighted by Crippen LogP contribution is -2.27. The van der Waals surface area contributed by atoms with Crippen molar-refractivity contribution in [1.29, 1.82) is 0 Å². The number of carbonyl (C=O) groups excluding carboxylic acids is 1. The highest BCUT2D eigenvalue weighted by atomic mass is 35.5. The maximum absolute atomic E-state index is 11.7. The molecule has 0 fully saturated rings. The fourth-order valence-corrected chi connectivity index (χ4v) is 1.51. The second kappa shape index (κ2) is 6.79. The van der Waals surface area contributed by atoms with E-state index in [1.807, 2.05) is 14.1 Å². The summed E-state index contributed by atoms with van der Waals surface area (Å²) >= 11 is 11.4. The number of rotatable bonds is 5. The van der Waals surface area contributed by atoms with E-state index in [9.17, 15) is 4.79 Å². The highest BCUT2D eigenvalue weighted by molar-refractivity contribution is 6.41. The smallest absolute Gasteiger partial charge is 0.252 e. The Hall–Kier alpha value is -0.840. The van der Waals surface area contributed by atoms with Gasteiger partial charge in [0.2, 0.25) is 0 Å². The van der Waals surface area contributed by atoms with Crippen LogP contribution < -0.4 is 5.32 Å². The van der Waals surface area contributed by atoms with E-state index in [0.717, 1.165) is 13.0 Å². The van der Waals surface area contributed by atoms with Gasteiger partial charge in [-0.25, -0.2) is 4.98 Å². The molecule has 0 atom stereocenters. The maximum atomic E-state index is 11.7. The molecule has 1 aromatic heterocycles. The molecule has 0 spiro atoms. The molecule has 1 aromatic rings. The Kier molecular flexibility index (Phi) is 5.68. The Labute approximate surface area is 111 Å². The number of hydrogen-bond donors (Lipinski definition) is 1. The minimum atomic E-state index is -0.185. The van der Waals surface area contributed by atoms with Crippen LogP contribution in [0.3, 0.4) is 0 Å². The van der Waals surface area contributed by atoms with E-state index in [2.05, 4.69) is 15.2 Å². The fraction of sp³-hybridized carbons (Fsp3) is 0.455. The standard InChI is InChI=1S/C11H15Cl2N3O/c1-16(2)5-3-4-14-11(17)8-6-9(12)10(13)15-7-8/h6-7H,3-5H2,1-2H3,(H,14,17). The first-order valence-corrected chi connectivity index (χ1v) is 6.00. The van der Waals surface area contributed by atoms with Crippen LogP contribution in [0.25, 0.3) is 0 Å². The van der Waals surface area contributed by atoms with Gasteiger partial charge in [0.1, 0.15) is 5.15 Å². The molecular formula is C11H15Cl2N3O. The molecule has 1 amide bonds. The van der Waals surface area contributed by atoms with Gasteiger partial charge in [-0.05, 0) is 33.1 Å². The van der Waals surface area contributed by atoms with Gasteiger partial charge in [0.25, 0.3) is 5.91 Å². The van der Waals surface area contributed by atoms with Crippen LogP contribution in [0.4, 0.5) is 0 Å². The molecule has 0 saturated heterocycles. The Morgan fingerprint density at radius 3 is 2.76 bits per heavy atom. The van der Waals surface area contributed by atoms with E-state index in [4.69, 9.17) is 23.2 Å². The van der Waals surface area contributed by atoms with E-state index >= 15 is 0 Å². The number of nitrogens with zero attached hydrogens (tertiary/aromatic N) is 2. The first-order valence-electron chi connectivity index (χ1n) is 5.24. The predicted molar refractivity (Wildman–Crippen MR) is 69.8 cm³/mol. The molecule has 0 bridgehead atoms. The molecule has 6 heteroatoms. The predicted octanol–water partition coefficient (Wildman–Crippen LogP) is 2.07. The molecule has 1 N–H and O–H groups in total. The zero-order chi connectivity index (χ0) is 12.8. The molecule has 0 aliphatic rings. The zero-order valence-corrected chi connectivity index (χ0v) is 11.3. The third-order valence-corrected chi connectivity index (χ3v) is 2.81. The van der Waals surface area contributed by atoms with Crippen molar-refractivity contribution in [2.24, 2.45) is 0 Å². The molecule has 4 nitrogen and oxygen atoms in total. The molecule has 0 aliphatic carbocycles. The number of aromatic nitrogens is 1. The summed E-state index contributed by atoms with van der Waals surface area (Å²) in [6.07, 6.45) is 2.31. The van der Waals surface area contributed by atoms with Crippen molar-refractivity contribution in [3.63, 3.8) is 0 Å². The Morgan fingerprint density at radius 2 is 2.18 bits per heavy atom. The second-order valence-corrected chi connectivity index (χ2v) is 4.67. The number of hydrogen-bond acceptors (Lipinski definition) is 3. The molecule has 1 heterocycles. The van der Waals surface area contributed by atoms with E-state index in [-0.39, 0.29) is 16.1 Å². The summed E-state index contributed by atoms with van der Waals surface area (Å²) < 4.78 is 0. The molecule has 94 valence electrons. The second-order valence-electron chi connectivity index (χ2n) is 3.91. The summed E-state index contributed by atoms with van der Waals surface area (Å²) in [4.78, 5) is 17.6. The van der Waals surface area contributed by atoms with E-state index in [1.165, 1.54) is 12.3 Å². The summed E-state index contributed by atoms with van der Waals surface area (Å²) in [6, 6.07) is 1.51. The molecule has 0 aromatic carbocycles. The summed E-state index contributed by atoms with van der Waals surface area (Å²) in [7, 11) is 3.98. The van der Waals surface area contributed by atoms with Gasteiger partial charge in [-0.2, -0.15) is 0 Å². The van der Waals surface area contributed by atoms with Crippen molar-refractivity contribution >= 4 is 29.1 Å². The molecule has 0 aliphatic heterocycles. The number of halogens is 2. The van der Waals surface area contributed by atoms with Gasteiger partial charge in [-0.1, -0.05) is 23.2 Å². The lowest BCUT2D eigenvalue weighted by Gasteiger charge is -2.09. The van der Waals surface area contributed by atoms with Crippen LogP contribution in [0.15, 0.2) is 12.3 Å². The number of carbonyl (C=O) groups is 1. The summed E-state index contributed by atoms with van der Waals surface area (Å²) in [5.74, 6) is -0.185. The van der Waals surface area contributed by atoms with E-state index < -0.39 is 0 Å². The van der Waals surface area contributed by atoms with Crippen molar-refractivity contribution in [3.8, 4) is 0 Å². The summed E-state index contributed by atoms with van der Waals surface area (Å²) in [5.41, 5.74) is 0.421. The van der Waals surface area contributed by atoms with Crippen LogP contribution in [0, 0.1) is 0 Å². The van der Waals surface area contributed by atoms with Gasteiger partial charge in [0.05, 0.1) is 10.6 Å². The molecular weight excluding hydrogens is 261 g/mol. The summed E-state index contributed by atoms with van der Waals surface area (Å²) in [6.45, 7) is 1.55. The van der Waals surface area contributed by atoms with Crippen LogP contribution in [-0.4, -0.2) is 43.0 Å². The first-order chi connectivity index (χ1) is 8.00. The van der Waals surface area contributed by atoms with Crippen molar-refractivity contribution in [2.45, 2.75) is 6.42 Å². The van der Waals surface area contributed by atoms with Crippen LogP contribution in [0.5, 0.6) is 0 Å². The maximum Gasteiger partial charge on any atom is 0.252 e. The minimum Gasteiger partial charge on any atom is -0.352 e. The average Bonchev–Trinajstić information content (AvgIpc) is 2.27. The number of pyridine rings is 1. The minimum absolute atomic E-state index is 0.185. The van der Waals surface area contributed by atoms with Gasteiger partial charge in [0, 0.05) is 12.7 Å². The molecule has 0 saturated carbocycles. The Bertz CT molecular complexity index is 396. The Balaban J connectivity index is 2.44. The summed E-state index contributed by atoms with van der Waals surface area (Å²) in [5, 5.41) is 3.28. The Morgan fingerprint density at radius 1 is 1.47 bits per heavy atom. The number of amides is 1. The quantitative estimate of drug-likeness (QED) is 0.661. The SMILES string of the molecule is CN(C)CCCNC(=O)c1cnc(Cl)c(Cl)c1. The monoisotopic (exact) mass is 275 g/mol. The van der Waals surface area contributed by atoms with Gasteiger partial charge in [0.15, 0.2) is 0 Å². The molecule has 0 unspecified atom stereocenters. The van der Waals surface area contributed by atoms with Crippen molar-refractivity contribution in [1.82, 2.24) is 15.2 Å². The highest BCUT2D eigenvalue weighted by Gasteiger charge is 2.08. The lowest BCUT2D eigenvalue weighted by molar-refractivity contribution is 0.0952. The largest absolute Gasteiger partial charge is 0.352 e. The van der Waals surface area contributed by atoms with Crippen LogP contribution >= 0.6 is 23.2 Å². The van der Waals surface area contributed by atoms with Crippen LogP contribution in [0.2, 0.25) is 10.2 Å². The van der Waals surface area contributed by atoms with Gasteiger partial charge < -0.3 is 10.2 Å². The topological polar surface area (TPSA) is 45.2 Å². The molecule has 1 rings (SSSR count). The third kappa shape index (κ3) is 4.89.